The van der Waals surface area contributed by atoms with Crippen molar-refractivity contribution in [3.63, 3.8) is 0 Å². The van der Waals surface area contributed by atoms with Gasteiger partial charge in [0.15, 0.2) is 17.3 Å². The van der Waals surface area contributed by atoms with Gasteiger partial charge in [0.05, 0.1) is 11.4 Å². The van der Waals surface area contributed by atoms with E-state index >= 15 is 0 Å². The predicted octanol–water partition coefficient (Wildman–Crippen LogP) is 7.34. The van der Waals surface area contributed by atoms with Crippen LogP contribution >= 0.6 is 11.3 Å². The lowest BCUT2D eigenvalue weighted by atomic mass is 9.97. The Morgan fingerprint density at radius 3 is 2.46 bits per heavy atom. The maximum atomic E-state index is 14.9. The monoisotopic (exact) mass is 555 g/mol. The lowest BCUT2D eigenvalue weighted by Gasteiger charge is -2.16. The van der Waals surface area contributed by atoms with Crippen LogP contribution in [0.4, 0.5) is 13.2 Å². The topological polar surface area (TPSA) is 59.0 Å². The molecule has 39 heavy (non-hydrogen) atoms. The summed E-state index contributed by atoms with van der Waals surface area (Å²) < 4.78 is 53.5. The number of carbonyl (C=O) groups excluding carboxylic acids is 1. The number of phenolic OH excluding ortho intramolecular Hbond substituents is 1. The van der Waals surface area contributed by atoms with Crippen molar-refractivity contribution in [2.45, 2.75) is 32.8 Å². The number of benzene rings is 3. The van der Waals surface area contributed by atoms with Crippen molar-refractivity contribution in [2.24, 2.45) is 0 Å². The second-order valence-corrected chi connectivity index (χ2v) is 10.7. The summed E-state index contributed by atoms with van der Waals surface area (Å²) in [6, 6.07) is 12.2. The predicted molar refractivity (Wildman–Crippen MR) is 145 cm³/mol. The Balaban J connectivity index is 1.43. The summed E-state index contributed by atoms with van der Waals surface area (Å²) in [6.07, 6.45) is 1.39. The molecule has 1 aliphatic heterocycles. The minimum absolute atomic E-state index is 0.0132. The van der Waals surface area contributed by atoms with E-state index in [1.165, 1.54) is 24.3 Å². The standard InChI is InChI=1S/C30H28F3NO4S/c1-17-14-19(32)15-18(2)25(17)27(36)30-28(23-8-9-24(35)26(33)29(23)39-30)38-21-6-4-20(5-7-21)37-22-10-13-34(16-22)12-3-11-31/h4-9,14-15,22,35H,3,10-13,16H2,1-2H3. The zero-order chi connectivity index (χ0) is 27.7. The highest BCUT2D eigenvalue weighted by atomic mass is 32.1. The maximum Gasteiger partial charge on any atom is 0.207 e. The van der Waals surface area contributed by atoms with Crippen LogP contribution in [0.3, 0.4) is 0 Å². The SMILES string of the molecule is Cc1cc(F)cc(C)c1C(=O)c1sc2c(F)c(O)ccc2c1Oc1ccc(OC2CCN(CCCF)C2)cc1. The van der Waals surface area contributed by atoms with Crippen molar-refractivity contribution in [3.8, 4) is 23.0 Å². The molecule has 0 radical (unpaired) electrons. The van der Waals surface area contributed by atoms with E-state index in [0.717, 1.165) is 30.8 Å². The van der Waals surface area contributed by atoms with Gasteiger partial charge in [-0.2, -0.15) is 0 Å². The molecule has 0 amide bonds. The Labute approximate surface area is 228 Å². The number of phenols is 1. The third-order valence-corrected chi connectivity index (χ3v) is 8.02. The molecule has 5 nitrogen and oxygen atoms in total. The van der Waals surface area contributed by atoms with Crippen LogP contribution in [-0.4, -0.2) is 48.2 Å². The average molecular weight is 556 g/mol. The summed E-state index contributed by atoms with van der Waals surface area (Å²) >= 11 is 0.883. The van der Waals surface area contributed by atoms with Crippen molar-refractivity contribution in [3.05, 3.63) is 81.7 Å². The maximum absolute atomic E-state index is 14.9. The van der Waals surface area contributed by atoms with Crippen LogP contribution in [0.5, 0.6) is 23.0 Å². The van der Waals surface area contributed by atoms with Gasteiger partial charge in [-0.25, -0.2) is 8.78 Å². The van der Waals surface area contributed by atoms with Crippen molar-refractivity contribution in [1.82, 2.24) is 4.90 Å². The summed E-state index contributed by atoms with van der Waals surface area (Å²) in [5.74, 6) is -1.01. The number of nitrogens with zero attached hydrogens (tertiary/aromatic N) is 1. The van der Waals surface area contributed by atoms with E-state index in [1.54, 1.807) is 38.1 Å². The van der Waals surface area contributed by atoms with Gasteiger partial charge >= 0.3 is 0 Å². The zero-order valence-electron chi connectivity index (χ0n) is 21.6. The zero-order valence-corrected chi connectivity index (χ0v) is 22.4. The van der Waals surface area contributed by atoms with Gasteiger partial charge in [-0.3, -0.25) is 14.1 Å². The highest BCUT2D eigenvalue weighted by Crippen LogP contribution is 2.45. The fraction of sp³-hybridized carbons (Fsp3) is 0.300. The molecule has 2 heterocycles. The van der Waals surface area contributed by atoms with Gasteiger partial charge in [0.1, 0.15) is 28.3 Å². The average Bonchev–Trinajstić information content (AvgIpc) is 3.50. The minimum atomic E-state index is -0.838. The molecule has 0 spiro atoms. The van der Waals surface area contributed by atoms with Crippen molar-refractivity contribution in [2.75, 3.05) is 26.3 Å². The fourth-order valence-electron chi connectivity index (χ4n) is 5.00. The third kappa shape index (κ3) is 5.60. The number of hydrogen-bond donors (Lipinski definition) is 1. The normalized spacial score (nSPS) is 15.7. The Kier molecular flexibility index (Phi) is 7.81. The van der Waals surface area contributed by atoms with Crippen LogP contribution < -0.4 is 9.47 Å². The lowest BCUT2D eigenvalue weighted by molar-refractivity contribution is 0.103. The molecule has 1 unspecified atom stereocenters. The van der Waals surface area contributed by atoms with Gasteiger partial charge in [0.25, 0.3) is 0 Å². The van der Waals surface area contributed by atoms with E-state index in [2.05, 4.69) is 4.90 Å². The second kappa shape index (κ2) is 11.3. The van der Waals surface area contributed by atoms with Crippen LogP contribution in [0.2, 0.25) is 0 Å². The molecule has 0 bridgehead atoms. The largest absolute Gasteiger partial charge is 0.505 e. The fourth-order valence-corrected chi connectivity index (χ4v) is 6.11. The van der Waals surface area contributed by atoms with Crippen molar-refractivity contribution >= 4 is 27.2 Å². The first kappa shape index (κ1) is 27.0. The number of fused-ring (bicyclic) bond motifs is 1. The Morgan fingerprint density at radius 1 is 1.08 bits per heavy atom. The molecular weight excluding hydrogens is 527 g/mol. The molecule has 4 aromatic rings. The molecule has 5 rings (SSSR count). The molecular formula is C30H28F3NO4S. The van der Waals surface area contributed by atoms with Crippen molar-refractivity contribution < 1.29 is 32.5 Å². The van der Waals surface area contributed by atoms with Gasteiger partial charge in [-0.15, -0.1) is 11.3 Å². The van der Waals surface area contributed by atoms with E-state index in [4.69, 9.17) is 9.47 Å². The number of thiophene rings is 1. The van der Waals surface area contributed by atoms with E-state index in [1.807, 2.05) is 0 Å². The Hall–Kier alpha value is -3.56. The molecule has 9 heteroatoms. The summed E-state index contributed by atoms with van der Waals surface area (Å²) in [5.41, 5.74) is 1.24. The highest BCUT2D eigenvalue weighted by molar-refractivity contribution is 7.21. The van der Waals surface area contributed by atoms with E-state index in [0.29, 0.717) is 46.5 Å². The van der Waals surface area contributed by atoms with Crippen LogP contribution in [-0.2, 0) is 0 Å². The summed E-state index contributed by atoms with van der Waals surface area (Å²) in [4.78, 5) is 16.0. The first-order chi connectivity index (χ1) is 18.7. The van der Waals surface area contributed by atoms with Gasteiger partial charge < -0.3 is 14.6 Å². The Bertz CT molecular complexity index is 1500. The number of likely N-dealkylation sites (tertiary alicyclic amines) is 1. The number of aromatic hydroxyl groups is 1. The number of alkyl halides is 1. The number of halogens is 3. The van der Waals surface area contributed by atoms with Crippen molar-refractivity contribution in [1.29, 1.82) is 0 Å². The summed E-state index contributed by atoms with van der Waals surface area (Å²) in [6.45, 7) is 5.29. The Morgan fingerprint density at radius 2 is 1.77 bits per heavy atom. The molecule has 204 valence electrons. The highest BCUT2D eigenvalue weighted by Gasteiger charge is 2.27. The van der Waals surface area contributed by atoms with Crippen LogP contribution in [0.1, 0.15) is 39.2 Å². The van der Waals surface area contributed by atoms with Gasteiger partial charge in [-0.1, -0.05) is 0 Å². The number of ketones is 1. The van der Waals surface area contributed by atoms with Gasteiger partial charge in [0, 0.05) is 30.6 Å². The number of carbonyl (C=O) groups is 1. The molecule has 0 saturated carbocycles. The molecule has 1 atom stereocenters. The third-order valence-electron chi connectivity index (χ3n) is 6.85. The van der Waals surface area contributed by atoms with E-state index < -0.39 is 23.2 Å². The molecule has 1 fully saturated rings. The van der Waals surface area contributed by atoms with Crippen LogP contribution in [0.25, 0.3) is 10.1 Å². The van der Waals surface area contributed by atoms with E-state index in [9.17, 15) is 23.1 Å². The van der Waals surface area contributed by atoms with E-state index in [-0.39, 0.29) is 28.1 Å². The lowest BCUT2D eigenvalue weighted by Crippen LogP contribution is -2.26. The molecule has 1 aromatic heterocycles. The molecule has 1 aliphatic rings. The van der Waals surface area contributed by atoms with Crippen LogP contribution in [0, 0.1) is 25.5 Å². The molecule has 1 N–H and O–H groups in total. The van der Waals surface area contributed by atoms with Gasteiger partial charge in [0.2, 0.25) is 5.78 Å². The number of ether oxygens (including phenoxy) is 2. The minimum Gasteiger partial charge on any atom is -0.505 e. The second-order valence-electron chi connectivity index (χ2n) is 9.72. The van der Waals surface area contributed by atoms with Gasteiger partial charge in [-0.05, 0) is 86.3 Å². The van der Waals surface area contributed by atoms with Crippen LogP contribution in [0.15, 0.2) is 48.5 Å². The smallest absolute Gasteiger partial charge is 0.207 e. The molecule has 0 aliphatic carbocycles. The number of hydrogen-bond acceptors (Lipinski definition) is 6. The summed E-state index contributed by atoms with van der Waals surface area (Å²) in [7, 11) is 0. The number of rotatable bonds is 9. The number of aryl methyl sites for hydroxylation is 2. The first-order valence-corrected chi connectivity index (χ1v) is 13.5. The quantitative estimate of drug-likeness (QED) is 0.219. The molecule has 1 saturated heterocycles. The molecule has 3 aromatic carbocycles. The first-order valence-electron chi connectivity index (χ1n) is 12.7. The summed E-state index contributed by atoms with van der Waals surface area (Å²) in [5, 5.41) is 10.3.